The second kappa shape index (κ2) is 3.18. The van der Waals surface area contributed by atoms with Crippen LogP contribution in [0.5, 0.6) is 5.75 Å². The van der Waals surface area contributed by atoms with Gasteiger partial charge < -0.3 is 15.7 Å². The van der Waals surface area contributed by atoms with Crippen LogP contribution in [0.3, 0.4) is 0 Å². The third kappa shape index (κ3) is 1.46. The molecule has 1 aromatic rings. The smallest absolute Gasteiger partial charge is 0.358 e. The standard InChI is InChI=1S/C7H8N2O4/c1-13-6-4(10)2-3-9(8)5(6)7(11)12/h2-3H,8H2,1H3,(H,11,12). The zero-order chi connectivity index (χ0) is 10.0. The molecule has 0 saturated heterocycles. The van der Waals surface area contributed by atoms with Gasteiger partial charge in [0.2, 0.25) is 5.43 Å². The topological polar surface area (TPSA) is 94.6 Å². The monoisotopic (exact) mass is 184 g/mol. The molecule has 0 bridgehead atoms. The lowest BCUT2D eigenvalue weighted by atomic mass is 10.3. The van der Waals surface area contributed by atoms with E-state index in [0.717, 1.165) is 16.9 Å². The summed E-state index contributed by atoms with van der Waals surface area (Å²) in [6.07, 6.45) is 1.16. The van der Waals surface area contributed by atoms with Crippen molar-refractivity contribution in [3.8, 4) is 5.75 Å². The molecule has 0 amide bonds. The number of hydrogen-bond donors (Lipinski definition) is 2. The highest BCUT2D eigenvalue weighted by Crippen LogP contribution is 2.09. The highest BCUT2D eigenvalue weighted by atomic mass is 16.5. The van der Waals surface area contributed by atoms with Crippen LogP contribution in [0.1, 0.15) is 10.5 Å². The third-order valence-electron chi connectivity index (χ3n) is 1.49. The number of pyridine rings is 1. The molecule has 0 radical (unpaired) electrons. The summed E-state index contributed by atoms with van der Waals surface area (Å²) in [4.78, 5) is 21.7. The molecule has 1 heterocycles. The molecule has 0 saturated carbocycles. The molecule has 6 nitrogen and oxygen atoms in total. The highest BCUT2D eigenvalue weighted by Gasteiger charge is 2.16. The Balaban J connectivity index is 3.53. The summed E-state index contributed by atoms with van der Waals surface area (Å²) in [6.45, 7) is 0. The lowest BCUT2D eigenvalue weighted by Crippen LogP contribution is -2.23. The van der Waals surface area contributed by atoms with Gasteiger partial charge in [-0.1, -0.05) is 0 Å². The quantitative estimate of drug-likeness (QED) is 0.591. The fraction of sp³-hybridized carbons (Fsp3) is 0.143. The van der Waals surface area contributed by atoms with Gasteiger partial charge in [0.1, 0.15) is 0 Å². The number of aromatic carboxylic acids is 1. The van der Waals surface area contributed by atoms with Crippen molar-refractivity contribution in [2.45, 2.75) is 0 Å². The summed E-state index contributed by atoms with van der Waals surface area (Å²) < 4.78 is 5.45. The molecular weight excluding hydrogens is 176 g/mol. The Bertz CT molecular complexity index is 396. The second-order valence-electron chi connectivity index (χ2n) is 2.27. The number of nitrogen functional groups attached to an aromatic ring is 1. The van der Waals surface area contributed by atoms with Gasteiger partial charge in [0.25, 0.3) is 0 Å². The highest BCUT2D eigenvalue weighted by molar-refractivity contribution is 5.88. The van der Waals surface area contributed by atoms with Crippen LogP contribution in [0.4, 0.5) is 0 Å². The van der Waals surface area contributed by atoms with Crippen LogP contribution in [0, 0.1) is 0 Å². The van der Waals surface area contributed by atoms with E-state index >= 15 is 0 Å². The molecule has 13 heavy (non-hydrogen) atoms. The lowest BCUT2D eigenvalue weighted by Gasteiger charge is -2.07. The molecule has 0 spiro atoms. The maximum absolute atomic E-state index is 11.1. The number of nitrogens with two attached hydrogens (primary N) is 1. The minimum absolute atomic E-state index is 0.266. The van der Waals surface area contributed by atoms with Crippen LogP contribution in [-0.2, 0) is 0 Å². The van der Waals surface area contributed by atoms with Crippen LogP contribution in [0.2, 0.25) is 0 Å². The van der Waals surface area contributed by atoms with Crippen LogP contribution in [0.15, 0.2) is 17.1 Å². The van der Waals surface area contributed by atoms with E-state index in [9.17, 15) is 9.59 Å². The van der Waals surface area contributed by atoms with Crippen molar-refractivity contribution < 1.29 is 14.6 Å². The van der Waals surface area contributed by atoms with Gasteiger partial charge in [0.15, 0.2) is 11.4 Å². The molecule has 0 fully saturated rings. The normalized spacial score (nSPS) is 9.62. The number of methoxy groups -OCH3 is 1. The maximum atomic E-state index is 11.1. The molecule has 0 aromatic carbocycles. The fourth-order valence-corrected chi connectivity index (χ4v) is 0.937. The SMILES string of the molecule is COc1c(C(=O)O)n(N)ccc1=O. The summed E-state index contributed by atoms with van der Waals surface area (Å²) in [6, 6.07) is 1.13. The fourth-order valence-electron chi connectivity index (χ4n) is 0.937. The summed E-state index contributed by atoms with van der Waals surface area (Å²) in [5, 5.41) is 8.68. The summed E-state index contributed by atoms with van der Waals surface area (Å²) in [5.74, 6) is 3.71. The van der Waals surface area contributed by atoms with E-state index in [1.54, 1.807) is 0 Å². The van der Waals surface area contributed by atoms with Crippen molar-refractivity contribution in [1.29, 1.82) is 0 Å². The average molecular weight is 184 g/mol. The van der Waals surface area contributed by atoms with E-state index in [2.05, 4.69) is 4.74 Å². The number of carbonyl (C=O) groups is 1. The minimum atomic E-state index is -1.31. The first kappa shape index (κ1) is 9.11. The number of aromatic nitrogens is 1. The van der Waals surface area contributed by atoms with Gasteiger partial charge in [0, 0.05) is 12.3 Å². The van der Waals surface area contributed by atoms with E-state index in [4.69, 9.17) is 10.9 Å². The van der Waals surface area contributed by atoms with Crippen molar-refractivity contribution in [2.75, 3.05) is 13.0 Å². The maximum Gasteiger partial charge on any atom is 0.358 e. The molecule has 1 aromatic heterocycles. The van der Waals surface area contributed by atoms with Gasteiger partial charge in [-0.3, -0.25) is 9.47 Å². The van der Waals surface area contributed by atoms with Crippen LogP contribution in [0.25, 0.3) is 0 Å². The van der Waals surface area contributed by atoms with Gasteiger partial charge >= 0.3 is 5.97 Å². The first-order valence-corrected chi connectivity index (χ1v) is 3.36. The van der Waals surface area contributed by atoms with Gasteiger partial charge in [0.05, 0.1) is 7.11 Å². The first-order chi connectivity index (χ1) is 6.07. The minimum Gasteiger partial charge on any atom is -0.490 e. The predicted molar refractivity (Wildman–Crippen MR) is 44.4 cm³/mol. The van der Waals surface area contributed by atoms with Crippen LogP contribution in [-0.4, -0.2) is 22.9 Å². The first-order valence-electron chi connectivity index (χ1n) is 3.36. The summed E-state index contributed by atoms with van der Waals surface area (Å²) in [5.41, 5.74) is -0.878. The summed E-state index contributed by atoms with van der Waals surface area (Å²) >= 11 is 0. The van der Waals surface area contributed by atoms with Crippen molar-refractivity contribution in [3.05, 3.63) is 28.2 Å². The molecule has 6 heteroatoms. The Kier molecular flexibility index (Phi) is 2.23. The van der Waals surface area contributed by atoms with Crippen molar-refractivity contribution >= 4 is 5.97 Å². The summed E-state index contributed by atoms with van der Waals surface area (Å²) in [7, 11) is 1.21. The Hall–Kier alpha value is -1.98. The largest absolute Gasteiger partial charge is 0.490 e. The molecule has 0 aliphatic carbocycles. The number of carboxylic acid groups (broad SMARTS) is 1. The molecule has 3 N–H and O–H groups in total. The van der Waals surface area contributed by atoms with Crippen molar-refractivity contribution in [2.24, 2.45) is 0 Å². The molecule has 0 unspecified atom stereocenters. The van der Waals surface area contributed by atoms with Crippen molar-refractivity contribution in [1.82, 2.24) is 4.68 Å². The Morgan fingerprint density at radius 2 is 2.31 bits per heavy atom. The third-order valence-corrected chi connectivity index (χ3v) is 1.49. The second-order valence-corrected chi connectivity index (χ2v) is 2.27. The van der Waals surface area contributed by atoms with Crippen LogP contribution < -0.4 is 16.0 Å². The molecular formula is C7H8N2O4. The molecule has 1 rings (SSSR count). The lowest BCUT2D eigenvalue weighted by molar-refractivity contribution is 0.0682. The van der Waals surface area contributed by atoms with E-state index in [1.807, 2.05) is 0 Å². The number of ether oxygens (including phenoxy) is 1. The zero-order valence-electron chi connectivity index (χ0n) is 6.85. The van der Waals surface area contributed by atoms with Crippen LogP contribution >= 0.6 is 0 Å². The van der Waals surface area contributed by atoms with Gasteiger partial charge in [-0.15, -0.1) is 0 Å². The Morgan fingerprint density at radius 1 is 1.69 bits per heavy atom. The number of hydrogen-bond acceptors (Lipinski definition) is 4. The van der Waals surface area contributed by atoms with E-state index in [0.29, 0.717) is 0 Å². The number of carboxylic acids is 1. The zero-order valence-corrected chi connectivity index (χ0v) is 6.85. The van der Waals surface area contributed by atoms with E-state index in [1.165, 1.54) is 7.11 Å². The van der Waals surface area contributed by atoms with Gasteiger partial charge in [-0.2, -0.15) is 0 Å². The van der Waals surface area contributed by atoms with Gasteiger partial charge in [-0.05, 0) is 0 Å². The Labute approximate surface area is 73.1 Å². The molecule has 0 aliphatic rings. The Morgan fingerprint density at radius 3 is 2.69 bits per heavy atom. The van der Waals surface area contributed by atoms with Crippen molar-refractivity contribution in [3.63, 3.8) is 0 Å². The number of nitrogens with zero attached hydrogens (tertiary/aromatic N) is 1. The van der Waals surface area contributed by atoms with E-state index < -0.39 is 11.4 Å². The predicted octanol–water partition coefficient (Wildman–Crippen LogP) is -0.731. The van der Waals surface area contributed by atoms with Gasteiger partial charge in [-0.25, -0.2) is 4.79 Å². The number of rotatable bonds is 2. The van der Waals surface area contributed by atoms with E-state index in [-0.39, 0.29) is 11.4 Å². The molecule has 0 aliphatic heterocycles. The average Bonchev–Trinajstić information content (AvgIpc) is 2.07. The molecule has 70 valence electrons. The molecule has 0 atom stereocenters.